The maximum atomic E-state index is 13.5. The molecule has 0 bridgehead atoms. The second-order valence-electron chi connectivity index (χ2n) is 7.38. The maximum Gasteiger partial charge on any atom is 0.248 e. The van der Waals surface area contributed by atoms with Crippen LogP contribution in [-0.2, 0) is 0 Å². The van der Waals surface area contributed by atoms with Gasteiger partial charge in [0.15, 0.2) is 10.8 Å². The molecule has 1 fully saturated rings. The van der Waals surface area contributed by atoms with Gasteiger partial charge in [0, 0.05) is 36.0 Å². The lowest BCUT2D eigenvalue weighted by atomic mass is 9.92. The lowest BCUT2D eigenvalue weighted by Crippen LogP contribution is -2.32. The molecule has 1 atom stereocenters. The molecule has 29 heavy (non-hydrogen) atoms. The minimum absolute atomic E-state index is 0.0860. The summed E-state index contributed by atoms with van der Waals surface area (Å²) < 4.78 is 26.9. The molecule has 1 aliphatic carbocycles. The number of nitrogens with one attached hydrogen (secondary N) is 1. The lowest BCUT2D eigenvalue weighted by Gasteiger charge is -2.29. The van der Waals surface area contributed by atoms with Crippen LogP contribution in [0.2, 0.25) is 0 Å². The van der Waals surface area contributed by atoms with E-state index in [1.807, 2.05) is 42.6 Å². The predicted octanol–water partition coefficient (Wildman–Crippen LogP) is 4.98. The molecule has 5 nitrogen and oxygen atoms in total. The molecule has 2 N–H and O–H groups in total. The predicted molar refractivity (Wildman–Crippen MR) is 109 cm³/mol. The van der Waals surface area contributed by atoms with E-state index in [2.05, 4.69) is 20.3 Å². The Bertz CT molecular complexity index is 970. The van der Waals surface area contributed by atoms with Crippen molar-refractivity contribution >= 4 is 17.2 Å². The fraction of sp³-hybridized carbons (Fsp3) is 0.381. The van der Waals surface area contributed by atoms with Crippen LogP contribution in [0.1, 0.15) is 48.7 Å². The van der Waals surface area contributed by atoms with E-state index >= 15 is 0 Å². The molecular formula is C21H22F2N4OS. The minimum Gasteiger partial charge on any atom is -0.382 e. The molecule has 2 aromatic heterocycles. The fourth-order valence-corrected chi connectivity index (χ4v) is 4.16. The number of nitrogens with zero attached hydrogens (tertiary/aromatic N) is 3. The van der Waals surface area contributed by atoms with Crippen molar-refractivity contribution in [1.82, 2.24) is 15.0 Å². The zero-order valence-corrected chi connectivity index (χ0v) is 16.8. The van der Waals surface area contributed by atoms with Crippen molar-refractivity contribution in [3.05, 3.63) is 58.7 Å². The highest BCUT2D eigenvalue weighted by Gasteiger charge is 2.35. The van der Waals surface area contributed by atoms with Crippen LogP contribution in [0.3, 0.4) is 0 Å². The minimum atomic E-state index is -2.58. The van der Waals surface area contributed by atoms with Gasteiger partial charge in [0.1, 0.15) is 11.9 Å². The Labute approximate surface area is 171 Å². The SMILES string of the molecule is Cc1csc(-c2nc(NC3CCC(F)(F)CC3)cc(C(O)c3ccccc3)n2)n1. The monoisotopic (exact) mass is 416 g/mol. The van der Waals surface area contributed by atoms with Crippen LogP contribution in [0.5, 0.6) is 0 Å². The van der Waals surface area contributed by atoms with E-state index < -0.39 is 12.0 Å². The number of thiazole rings is 1. The first-order valence-electron chi connectivity index (χ1n) is 9.58. The Balaban J connectivity index is 1.65. The summed E-state index contributed by atoms with van der Waals surface area (Å²) in [4.78, 5) is 13.5. The first-order valence-corrected chi connectivity index (χ1v) is 10.5. The van der Waals surface area contributed by atoms with Gasteiger partial charge in [-0.25, -0.2) is 23.7 Å². The van der Waals surface area contributed by atoms with Gasteiger partial charge in [-0.05, 0) is 25.3 Å². The Morgan fingerprint density at radius 3 is 2.52 bits per heavy atom. The third kappa shape index (κ3) is 4.76. The zero-order valence-electron chi connectivity index (χ0n) is 16.0. The zero-order chi connectivity index (χ0) is 20.4. The van der Waals surface area contributed by atoms with Gasteiger partial charge in [0.25, 0.3) is 0 Å². The molecule has 1 aromatic carbocycles. The molecule has 1 unspecified atom stereocenters. The molecule has 1 aliphatic rings. The summed E-state index contributed by atoms with van der Waals surface area (Å²) in [7, 11) is 0. The van der Waals surface area contributed by atoms with Crippen LogP contribution in [0.25, 0.3) is 10.8 Å². The molecule has 0 saturated heterocycles. The van der Waals surface area contributed by atoms with Crippen LogP contribution in [0, 0.1) is 6.92 Å². The second kappa shape index (κ2) is 8.12. The Morgan fingerprint density at radius 2 is 1.86 bits per heavy atom. The van der Waals surface area contributed by atoms with Crippen LogP contribution in [0.15, 0.2) is 41.8 Å². The van der Waals surface area contributed by atoms with Crippen molar-refractivity contribution in [2.45, 2.75) is 50.7 Å². The summed E-state index contributed by atoms with van der Waals surface area (Å²) in [6.07, 6.45) is -0.435. The molecule has 0 spiro atoms. The van der Waals surface area contributed by atoms with Crippen molar-refractivity contribution in [3.63, 3.8) is 0 Å². The normalized spacial score (nSPS) is 17.8. The molecule has 4 rings (SSSR count). The number of aliphatic hydroxyl groups excluding tert-OH is 1. The topological polar surface area (TPSA) is 70.9 Å². The van der Waals surface area contributed by atoms with E-state index in [-0.39, 0.29) is 18.9 Å². The number of halogens is 2. The Kier molecular flexibility index (Phi) is 5.56. The molecule has 3 aromatic rings. The average Bonchev–Trinajstić information content (AvgIpc) is 3.16. The summed E-state index contributed by atoms with van der Waals surface area (Å²) in [6.45, 7) is 1.89. The van der Waals surface area contributed by atoms with Gasteiger partial charge in [-0.2, -0.15) is 0 Å². The first kappa shape index (κ1) is 19.8. The number of hydrogen-bond acceptors (Lipinski definition) is 6. The molecule has 0 aliphatic heterocycles. The van der Waals surface area contributed by atoms with Gasteiger partial charge in [-0.1, -0.05) is 30.3 Å². The van der Waals surface area contributed by atoms with Gasteiger partial charge in [0.05, 0.1) is 5.69 Å². The van der Waals surface area contributed by atoms with Gasteiger partial charge in [-0.3, -0.25) is 0 Å². The smallest absolute Gasteiger partial charge is 0.248 e. The third-order valence-electron chi connectivity index (χ3n) is 5.02. The highest BCUT2D eigenvalue weighted by atomic mass is 32.1. The van der Waals surface area contributed by atoms with Crippen molar-refractivity contribution in [2.75, 3.05) is 5.32 Å². The van der Waals surface area contributed by atoms with Crippen LogP contribution >= 0.6 is 11.3 Å². The maximum absolute atomic E-state index is 13.5. The van der Waals surface area contributed by atoms with Crippen LogP contribution in [-0.4, -0.2) is 32.0 Å². The summed E-state index contributed by atoms with van der Waals surface area (Å²) in [6, 6.07) is 10.8. The summed E-state index contributed by atoms with van der Waals surface area (Å²) in [5, 5.41) is 16.7. The number of hydrogen-bond donors (Lipinski definition) is 2. The second-order valence-corrected chi connectivity index (χ2v) is 8.24. The number of aryl methyl sites for hydroxylation is 1. The first-order chi connectivity index (χ1) is 13.9. The van der Waals surface area contributed by atoms with Gasteiger partial charge < -0.3 is 10.4 Å². The van der Waals surface area contributed by atoms with E-state index in [0.717, 1.165) is 11.3 Å². The van der Waals surface area contributed by atoms with E-state index in [0.29, 0.717) is 35.2 Å². The van der Waals surface area contributed by atoms with Crippen molar-refractivity contribution in [3.8, 4) is 10.8 Å². The van der Waals surface area contributed by atoms with Gasteiger partial charge in [-0.15, -0.1) is 11.3 Å². The average molecular weight is 416 g/mol. The standard InChI is InChI=1S/C21H22F2N4OS/c1-13-12-29-20(24-13)19-26-16(18(28)14-5-3-2-4-6-14)11-17(27-19)25-15-7-9-21(22,23)10-8-15/h2-6,11-12,15,18,28H,7-10H2,1H3,(H,25,26,27). The summed E-state index contributed by atoms with van der Waals surface area (Å²) in [5.74, 6) is -1.65. The molecule has 1 saturated carbocycles. The highest BCUT2D eigenvalue weighted by Crippen LogP contribution is 2.34. The quantitative estimate of drug-likeness (QED) is 0.614. The van der Waals surface area contributed by atoms with Crippen LogP contribution < -0.4 is 5.32 Å². The summed E-state index contributed by atoms with van der Waals surface area (Å²) in [5.41, 5.74) is 2.03. The molecule has 0 radical (unpaired) electrons. The number of aromatic nitrogens is 3. The molecule has 0 amide bonds. The number of anilines is 1. The summed E-state index contributed by atoms with van der Waals surface area (Å²) >= 11 is 1.43. The Morgan fingerprint density at radius 1 is 1.14 bits per heavy atom. The molecule has 8 heteroatoms. The van der Waals surface area contributed by atoms with Gasteiger partial charge >= 0.3 is 0 Å². The van der Waals surface area contributed by atoms with Gasteiger partial charge in [0.2, 0.25) is 5.92 Å². The number of alkyl halides is 2. The van der Waals surface area contributed by atoms with E-state index in [1.54, 1.807) is 6.07 Å². The third-order valence-corrected chi connectivity index (χ3v) is 5.98. The van der Waals surface area contributed by atoms with E-state index in [4.69, 9.17) is 0 Å². The Hall–Kier alpha value is -2.45. The molecular weight excluding hydrogens is 394 g/mol. The van der Waals surface area contributed by atoms with Crippen molar-refractivity contribution < 1.29 is 13.9 Å². The largest absolute Gasteiger partial charge is 0.382 e. The fourth-order valence-electron chi connectivity index (χ4n) is 3.43. The van der Waals surface area contributed by atoms with E-state index in [9.17, 15) is 13.9 Å². The molecule has 2 heterocycles. The van der Waals surface area contributed by atoms with Crippen LogP contribution in [0.4, 0.5) is 14.6 Å². The highest BCUT2D eigenvalue weighted by molar-refractivity contribution is 7.13. The van der Waals surface area contributed by atoms with Crippen molar-refractivity contribution in [1.29, 1.82) is 0 Å². The number of rotatable bonds is 5. The lowest BCUT2D eigenvalue weighted by molar-refractivity contribution is -0.0361. The number of benzene rings is 1. The molecule has 152 valence electrons. The number of aliphatic hydroxyl groups is 1. The van der Waals surface area contributed by atoms with E-state index in [1.165, 1.54) is 11.3 Å². The van der Waals surface area contributed by atoms with Crippen molar-refractivity contribution in [2.24, 2.45) is 0 Å².